The first-order valence-electron chi connectivity index (χ1n) is 10.7. The number of benzene rings is 2. The van der Waals surface area contributed by atoms with Crippen LogP contribution in [0.2, 0.25) is 0 Å². The molecule has 0 atom stereocenters. The van der Waals surface area contributed by atoms with E-state index in [1.807, 2.05) is 36.4 Å². The summed E-state index contributed by atoms with van der Waals surface area (Å²) >= 11 is 0. The summed E-state index contributed by atoms with van der Waals surface area (Å²) in [4.78, 5) is 18.2. The second-order valence-electron chi connectivity index (χ2n) is 8.65. The van der Waals surface area contributed by atoms with Gasteiger partial charge in [-0.1, -0.05) is 24.3 Å². The van der Waals surface area contributed by atoms with Crippen molar-refractivity contribution in [2.24, 2.45) is 0 Å². The highest BCUT2D eigenvalue weighted by atomic mass is 32.3. The predicted molar refractivity (Wildman–Crippen MR) is 127 cm³/mol. The molecule has 2 aromatic carbocycles. The van der Waals surface area contributed by atoms with E-state index in [9.17, 15) is 13.9 Å². The van der Waals surface area contributed by atoms with Gasteiger partial charge in [0.2, 0.25) is 6.79 Å². The summed E-state index contributed by atoms with van der Waals surface area (Å²) in [6.07, 6.45) is 3.64. The average Bonchev–Trinajstić information content (AvgIpc) is 3.50. The van der Waals surface area contributed by atoms with Gasteiger partial charge in [0, 0.05) is 38.0 Å². The fourth-order valence-corrected chi connectivity index (χ4v) is 5.11. The second kappa shape index (κ2) is 8.14. The van der Waals surface area contributed by atoms with Crippen LogP contribution in [-0.2, 0) is 16.6 Å². The Hall–Kier alpha value is -2.91. The lowest BCUT2D eigenvalue weighted by Gasteiger charge is -2.38. The maximum Gasteiger partial charge on any atom is 0.231 e. The number of pyridine rings is 1. The summed E-state index contributed by atoms with van der Waals surface area (Å²) in [6.45, 7) is 0.215. The summed E-state index contributed by atoms with van der Waals surface area (Å²) < 4.78 is 33.1. The minimum atomic E-state index is -3.02. The molecule has 1 saturated carbocycles. The number of carbonyl (C=O) groups is 1. The highest BCUT2D eigenvalue weighted by molar-refractivity contribution is 8.22. The van der Waals surface area contributed by atoms with Crippen LogP contribution in [0.1, 0.15) is 24.1 Å². The first-order chi connectivity index (χ1) is 15.8. The van der Waals surface area contributed by atoms with Crippen LogP contribution in [0.4, 0.5) is 0 Å². The third-order valence-electron chi connectivity index (χ3n) is 6.37. The van der Waals surface area contributed by atoms with Crippen LogP contribution in [0.5, 0.6) is 11.5 Å². The van der Waals surface area contributed by atoms with Crippen LogP contribution in [0.15, 0.2) is 65.7 Å². The number of hydrogen-bond acceptors (Lipinski definition) is 7. The Labute approximate surface area is 194 Å². The summed E-state index contributed by atoms with van der Waals surface area (Å²) in [5.41, 5.74) is 2.91. The number of ketones is 1. The smallest absolute Gasteiger partial charge is 0.231 e. The highest BCUT2D eigenvalue weighted by Gasteiger charge is 2.50. The molecule has 1 fully saturated rings. The topological polar surface area (TPSA) is 92.1 Å². The Morgan fingerprint density at radius 3 is 2.52 bits per heavy atom. The zero-order chi connectivity index (χ0) is 23.2. The Bertz CT molecular complexity index is 1210. The molecular formula is C25H26N2O5S. The van der Waals surface area contributed by atoms with Crippen molar-refractivity contribution in [2.75, 3.05) is 20.9 Å². The molecule has 172 valence electrons. The molecule has 3 aromatic rings. The minimum absolute atomic E-state index is 0.156. The van der Waals surface area contributed by atoms with Crippen molar-refractivity contribution in [3.8, 4) is 22.6 Å². The maximum atomic E-state index is 13.2. The molecular weight excluding hydrogens is 440 g/mol. The molecule has 1 aromatic heterocycles. The molecule has 0 unspecified atom stereocenters. The standard InChI is InChI=1S/C25H26N2O5S/c1-27(2)33(29,30)21-5-3-4-17(12-21)18-6-8-20(26-15-18)14-24(28)25(10-11-25)19-7-9-22-23(13-19)32-16-31-22/h3-9,12-13,15,29-30H,10-11,14,16H2,1-2H3. The van der Waals surface area contributed by atoms with Gasteiger partial charge in [0.15, 0.2) is 11.5 Å². The van der Waals surface area contributed by atoms with Crippen molar-refractivity contribution in [3.05, 3.63) is 72.1 Å². The van der Waals surface area contributed by atoms with Gasteiger partial charge < -0.3 is 9.47 Å². The SMILES string of the molecule is CN(C)S(O)(O)c1cccc(-c2ccc(CC(=O)C3(c4ccc5c(c4)OCO5)CC3)nc2)c1. The summed E-state index contributed by atoms with van der Waals surface area (Å²) in [5.74, 6) is 1.57. The molecule has 1 aliphatic heterocycles. The highest BCUT2D eigenvalue weighted by Crippen LogP contribution is 2.52. The largest absolute Gasteiger partial charge is 0.454 e. The van der Waals surface area contributed by atoms with Crippen LogP contribution in [0, 0.1) is 0 Å². The molecule has 7 nitrogen and oxygen atoms in total. The molecule has 8 heteroatoms. The number of aromatic nitrogens is 1. The van der Waals surface area contributed by atoms with Gasteiger partial charge in [-0.05, 0) is 54.3 Å². The van der Waals surface area contributed by atoms with E-state index >= 15 is 0 Å². The minimum Gasteiger partial charge on any atom is -0.454 e. The third-order valence-corrected chi connectivity index (χ3v) is 8.27. The molecule has 0 saturated heterocycles. The lowest BCUT2D eigenvalue weighted by atomic mass is 9.88. The molecule has 33 heavy (non-hydrogen) atoms. The van der Waals surface area contributed by atoms with Gasteiger partial charge in [0.05, 0.1) is 10.3 Å². The maximum absolute atomic E-state index is 13.2. The first kappa shape index (κ1) is 21.9. The molecule has 0 spiro atoms. The molecule has 0 bridgehead atoms. The molecule has 2 aliphatic rings. The van der Waals surface area contributed by atoms with Gasteiger partial charge in [0.1, 0.15) is 5.78 Å². The van der Waals surface area contributed by atoms with E-state index in [0.29, 0.717) is 16.3 Å². The van der Waals surface area contributed by atoms with Gasteiger partial charge in [-0.3, -0.25) is 18.9 Å². The fraction of sp³-hybridized carbons (Fsp3) is 0.280. The lowest BCUT2D eigenvalue weighted by Crippen LogP contribution is -2.22. The number of carbonyl (C=O) groups excluding carboxylic acids is 1. The second-order valence-corrected chi connectivity index (χ2v) is 10.9. The Kier molecular flexibility index (Phi) is 5.41. The lowest BCUT2D eigenvalue weighted by molar-refractivity contribution is -0.120. The van der Waals surface area contributed by atoms with Crippen molar-refractivity contribution in [3.63, 3.8) is 0 Å². The van der Waals surface area contributed by atoms with E-state index < -0.39 is 16.2 Å². The summed E-state index contributed by atoms with van der Waals surface area (Å²) in [5, 5.41) is 0. The average molecular weight is 467 g/mol. The normalized spacial score (nSPS) is 16.6. The van der Waals surface area contributed by atoms with Crippen LogP contribution in [-0.4, -0.2) is 45.1 Å². The van der Waals surface area contributed by atoms with Crippen LogP contribution < -0.4 is 9.47 Å². The molecule has 1 aliphatic carbocycles. The van der Waals surface area contributed by atoms with E-state index in [2.05, 4.69) is 4.98 Å². The molecule has 0 radical (unpaired) electrons. The van der Waals surface area contributed by atoms with Crippen LogP contribution >= 0.6 is 10.8 Å². The van der Waals surface area contributed by atoms with Gasteiger partial charge in [-0.2, -0.15) is 0 Å². The van der Waals surface area contributed by atoms with E-state index in [4.69, 9.17) is 9.47 Å². The monoisotopic (exact) mass is 466 g/mol. The quantitative estimate of drug-likeness (QED) is 0.511. The number of rotatable bonds is 7. The van der Waals surface area contributed by atoms with Crippen molar-refractivity contribution in [1.82, 2.24) is 9.29 Å². The van der Waals surface area contributed by atoms with E-state index in [1.54, 1.807) is 38.5 Å². The summed E-state index contributed by atoms with van der Waals surface area (Å²) in [6, 6.07) is 16.7. The number of Topliss-reactive ketones (excluding diaryl/α,β-unsaturated/α-hetero) is 1. The van der Waals surface area contributed by atoms with E-state index in [0.717, 1.165) is 35.3 Å². The number of nitrogens with zero attached hydrogens (tertiary/aromatic N) is 2. The Morgan fingerprint density at radius 2 is 1.82 bits per heavy atom. The third kappa shape index (κ3) is 4.00. The predicted octanol–water partition coefficient (Wildman–Crippen LogP) is 4.91. The Balaban J connectivity index is 1.32. The number of ether oxygens (including phenoxy) is 2. The first-order valence-corrected chi connectivity index (χ1v) is 12.2. The van der Waals surface area contributed by atoms with Gasteiger partial charge in [0.25, 0.3) is 0 Å². The Morgan fingerprint density at radius 1 is 1.03 bits per heavy atom. The molecule has 0 amide bonds. The summed E-state index contributed by atoms with van der Waals surface area (Å²) in [7, 11) is 0.241. The van der Waals surface area contributed by atoms with E-state index in [1.165, 1.54) is 4.31 Å². The molecule has 2 N–H and O–H groups in total. The van der Waals surface area contributed by atoms with E-state index in [-0.39, 0.29) is 19.0 Å². The molecule has 5 rings (SSSR count). The van der Waals surface area contributed by atoms with Gasteiger partial charge in [-0.25, -0.2) is 4.31 Å². The fourth-order valence-electron chi connectivity index (χ4n) is 4.14. The van der Waals surface area contributed by atoms with Crippen molar-refractivity contribution in [2.45, 2.75) is 29.6 Å². The van der Waals surface area contributed by atoms with Gasteiger partial charge >= 0.3 is 0 Å². The van der Waals surface area contributed by atoms with Gasteiger partial charge in [-0.15, -0.1) is 10.8 Å². The zero-order valence-electron chi connectivity index (χ0n) is 18.5. The molecule has 2 heterocycles. The van der Waals surface area contributed by atoms with Crippen molar-refractivity contribution >= 4 is 16.6 Å². The van der Waals surface area contributed by atoms with Crippen molar-refractivity contribution in [1.29, 1.82) is 0 Å². The van der Waals surface area contributed by atoms with Crippen LogP contribution in [0.3, 0.4) is 0 Å². The van der Waals surface area contributed by atoms with Crippen LogP contribution in [0.25, 0.3) is 11.1 Å². The van der Waals surface area contributed by atoms with Crippen molar-refractivity contribution < 1.29 is 23.4 Å². The number of hydrogen-bond donors (Lipinski definition) is 2. The zero-order valence-corrected chi connectivity index (χ0v) is 19.3. The number of fused-ring (bicyclic) bond motifs is 1.